The summed E-state index contributed by atoms with van der Waals surface area (Å²) in [5.41, 5.74) is 0. The minimum absolute atomic E-state index is 0.351. The molecule has 0 aliphatic rings. The maximum absolute atomic E-state index is 6.04. The second-order valence-electron chi connectivity index (χ2n) is 5.79. The van der Waals surface area contributed by atoms with Gasteiger partial charge in [0, 0.05) is 6.61 Å². The fraction of sp³-hybridized carbons (Fsp3) is 1.00. The Balaban J connectivity index is 3.90. The van der Waals surface area contributed by atoms with Crippen LogP contribution in [0, 0.1) is 5.92 Å². The zero-order valence-corrected chi connectivity index (χ0v) is 11.4. The number of rotatable bonds is 4. The van der Waals surface area contributed by atoms with Crippen molar-refractivity contribution in [2.75, 3.05) is 6.61 Å². The van der Waals surface area contributed by atoms with Gasteiger partial charge < -0.3 is 4.43 Å². The average Bonchev–Trinajstić information content (AvgIpc) is 1.82. The maximum Gasteiger partial charge on any atom is 0.191 e. The summed E-state index contributed by atoms with van der Waals surface area (Å²) in [4.78, 5) is 0. The first-order chi connectivity index (χ1) is 5.67. The Labute approximate surface area is 85.0 Å². The molecular formula is C11H26OSi. The van der Waals surface area contributed by atoms with Crippen molar-refractivity contribution in [2.45, 2.75) is 59.2 Å². The Kier molecular flexibility index (Phi) is 4.67. The highest BCUT2D eigenvalue weighted by molar-refractivity contribution is 6.74. The van der Waals surface area contributed by atoms with E-state index in [9.17, 15) is 0 Å². The third-order valence-electron chi connectivity index (χ3n) is 2.96. The zero-order chi connectivity index (χ0) is 10.7. The second kappa shape index (κ2) is 4.60. The van der Waals surface area contributed by atoms with Gasteiger partial charge in [-0.1, -0.05) is 34.6 Å². The van der Waals surface area contributed by atoms with Crippen molar-refractivity contribution in [2.24, 2.45) is 5.92 Å². The topological polar surface area (TPSA) is 9.23 Å². The Morgan fingerprint density at radius 3 is 1.92 bits per heavy atom. The summed E-state index contributed by atoms with van der Waals surface area (Å²) in [6, 6.07) is 0. The van der Waals surface area contributed by atoms with E-state index in [0.29, 0.717) is 5.04 Å². The van der Waals surface area contributed by atoms with Crippen molar-refractivity contribution in [3.8, 4) is 0 Å². The smallest absolute Gasteiger partial charge is 0.191 e. The third-order valence-corrected chi connectivity index (χ3v) is 7.50. The molecule has 2 heteroatoms. The molecule has 0 rings (SSSR count). The summed E-state index contributed by atoms with van der Waals surface area (Å²) in [6.07, 6.45) is 1.19. The molecule has 0 aromatic rings. The molecule has 0 spiro atoms. The summed E-state index contributed by atoms with van der Waals surface area (Å²) in [6.45, 7) is 16.9. The van der Waals surface area contributed by atoms with Gasteiger partial charge in [-0.25, -0.2) is 0 Å². The Bertz CT molecular complexity index is 145. The molecule has 0 aromatic heterocycles. The molecule has 0 heterocycles. The second-order valence-corrected chi connectivity index (χ2v) is 10.6. The van der Waals surface area contributed by atoms with Crippen LogP contribution in [0.3, 0.4) is 0 Å². The monoisotopic (exact) mass is 202 g/mol. The predicted octanol–water partition coefficient (Wildman–Crippen LogP) is 4.05. The molecular weight excluding hydrogens is 176 g/mol. The quantitative estimate of drug-likeness (QED) is 0.625. The van der Waals surface area contributed by atoms with Crippen molar-refractivity contribution in [1.82, 2.24) is 0 Å². The first-order valence-electron chi connectivity index (χ1n) is 5.31. The van der Waals surface area contributed by atoms with Crippen LogP contribution in [0.5, 0.6) is 0 Å². The molecule has 0 aliphatic heterocycles. The maximum atomic E-state index is 6.04. The molecule has 0 aromatic carbocycles. The van der Waals surface area contributed by atoms with Gasteiger partial charge in [-0.05, 0) is 30.5 Å². The molecule has 0 amide bonds. The van der Waals surface area contributed by atoms with Gasteiger partial charge in [-0.3, -0.25) is 0 Å². The van der Waals surface area contributed by atoms with E-state index in [1.807, 2.05) is 0 Å². The fourth-order valence-electron chi connectivity index (χ4n) is 0.766. The Morgan fingerprint density at radius 1 is 1.15 bits per heavy atom. The van der Waals surface area contributed by atoms with Crippen LogP contribution in [0.2, 0.25) is 18.1 Å². The highest BCUT2D eigenvalue weighted by Gasteiger charge is 2.36. The van der Waals surface area contributed by atoms with Gasteiger partial charge in [0.05, 0.1) is 0 Å². The summed E-state index contributed by atoms with van der Waals surface area (Å²) in [5.74, 6) is 0.754. The lowest BCUT2D eigenvalue weighted by molar-refractivity contribution is 0.264. The van der Waals surface area contributed by atoms with E-state index < -0.39 is 8.32 Å². The Morgan fingerprint density at radius 2 is 1.62 bits per heavy atom. The lowest BCUT2D eigenvalue weighted by atomic mass is 10.2. The van der Waals surface area contributed by atoms with E-state index in [1.165, 1.54) is 6.42 Å². The van der Waals surface area contributed by atoms with E-state index >= 15 is 0 Å². The summed E-state index contributed by atoms with van der Waals surface area (Å²) in [5, 5.41) is 0.351. The van der Waals surface area contributed by atoms with E-state index in [2.05, 4.69) is 47.7 Å². The molecule has 80 valence electrons. The molecule has 0 unspecified atom stereocenters. The standard InChI is InChI=1S/C11H26OSi/c1-10(2)8-9-12-13(6,7)11(3,4)5/h10H,8-9H2,1-7H3. The minimum Gasteiger partial charge on any atom is -0.417 e. The van der Waals surface area contributed by atoms with Crippen molar-refractivity contribution in [3.63, 3.8) is 0 Å². The van der Waals surface area contributed by atoms with Crippen LogP contribution < -0.4 is 0 Å². The predicted molar refractivity (Wildman–Crippen MR) is 62.6 cm³/mol. The molecule has 0 N–H and O–H groups in total. The lowest BCUT2D eigenvalue weighted by Crippen LogP contribution is -2.41. The molecule has 0 bridgehead atoms. The number of hydrogen-bond acceptors (Lipinski definition) is 1. The van der Waals surface area contributed by atoms with Gasteiger partial charge in [-0.15, -0.1) is 0 Å². The van der Waals surface area contributed by atoms with Crippen LogP contribution in [0.4, 0.5) is 0 Å². The van der Waals surface area contributed by atoms with Crippen LogP contribution in [-0.2, 0) is 4.43 Å². The SMILES string of the molecule is CC(C)CCO[Si](C)(C)C(C)(C)C. The van der Waals surface area contributed by atoms with Crippen molar-refractivity contribution >= 4 is 8.32 Å². The Hall–Kier alpha value is 0.177. The molecule has 0 radical (unpaired) electrons. The molecule has 13 heavy (non-hydrogen) atoms. The first kappa shape index (κ1) is 13.2. The third kappa shape index (κ3) is 4.82. The van der Waals surface area contributed by atoms with Gasteiger partial charge in [0.2, 0.25) is 0 Å². The fourth-order valence-corrected chi connectivity index (χ4v) is 1.83. The van der Waals surface area contributed by atoms with Gasteiger partial charge in [0.25, 0.3) is 0 Å². The van der Waals surface area contributed by atoms with E-state index in [0.717, 1.165) is 12.5 Å². The van der Waals surface area contributed by atoms with Crippen LogP contribution in [-0.4, -0.2) is 14.9 Å². The summed E-state index contributed by atoms with van der Waals surface area (Å²) >= 11 is 0. The summed E-state index contributed by atoms with van der Waals surface area (Å²) in [7, 11) is -1.47. The van der Waals surface area contributed by atoms with E-state index in [-0.39, 0.29) is 0 Å². The molecule has 0 saturated carbocycles. The molecule has 0 fully saturated rings. The van der Waals surface area contributed by atoms with Crippen LogP contribution in [0.25, 0.3) is 0 Å². The number of hydrogen-bond donors (Lipinski definition) is 0. The van der Waals surface area contributed by atoms with E-state index in [4.69, 9.17) is 4.43 Å². The lowest BCUT2D eigenvalue weighted by Gasteiger charge is -2.36. The van der Waals surface area contributed by atoms with Crippen LogP contribution in [0.15, 0.2) is 0 Å². The molecule has 0 atom stereocenters. The van der Waals surface area contributed by atoms with E-state index in [1.54, 1.807) is 0 Å². The largest absolute Gasteiger partial charge is 0.417 e. The van der Waals surface area contributed by atoms with Crippen LogP contribution >= 0.6 is 0 Å². The molecule has 1 nitrogen and oxygen atoms in total. The normalized spacial score (nSPS) is 13.8. The first-order valence-corrected chi connectivity index (χ1v) is 8.21. The van der Waals surface area contributed by atoms with Crippen molar-refractivity contribution in [3.05, 3.63) is 0 Å². The van der Waals surface area contributed by atoms with Crippen LogP contribution in [0.1, 0.15) is 41.0 Å². The molecule has 0 saturated heterocycles. The minimum atomic E-state index is -1.47. The van der Waals surface area contributed by atoms with Gasteiger partial charge in [-0.2, -0.15) is 0 Å². The van der Waals surface area contributed by atoms with Gasteiger partial charge >= 0.3 is 0 Å². The zero-order valence-electron chi connectivity index (χ0n) is 10.4. The highest BCUT2D eigenvalue weighted by Crippen LogP contribution is 2.36. The van der Waals surface area contributed by atoms with Crippen molar-refractivity contribution < 1.29 is 4.43 Å². The summed E-state index contributed by atoms with van der Waals surface area (Å²) < 4.78 is 6.04. The van der Waals surface area contributed by atoms with Gasteiger partial charge in [0.1, 0.15) is 0 Å². The van der Waals surface area contributed by atoms with Crippen molar-refractivity contribution in [1.29, 1.82) is 0 Å². The average molecular weight is 202 g/mol. The van der Waals surface area contributed by atoms with Gasteiger partial charge in [0.15, 0.2) is 8.32 Å². The highest BCUT2D eigenvalue weighted by atomic mass is 28.4. The molecule has 0 aliphatic carbocycles.